The van der Waals surface area contributed by atoms with E-state index in [2.05, 4.69) is 9.47 Å². The van der Waals surface area contributed by atoms with Crippen LogP contribution >= 0.6 is 0 Å². The number of carbonyl (C=O) groups excluding carboxylic acids is 3. The molecule has 0 fully saturated rings. The van der Waals surface area contributed by atoms with Crippen molar-refractivity contribution in [1.29, 1.82) is 0 Å². The molecule has 0 heterocycles. The summed E-state index contributed by atoms with van der Waals surface area (Å²) in [6, 6.07) is 0. The van der Waals surface area contributed by atoms with Crippen LogP contribution in [0.3, 0.4) is 0 Å². The van der Waals surface area contributed by atoms with E-state index in [1.54, 1.807) is 20.8 Å². The summed E-state index contributed by atoms with van der Waals surface area (Å²) in [7, 11) is 0. The molecule has 0 aromatic rings. The summed E-state index contributed by atoms with van der Waals surface area (Å²) in [6.45, 7) is 7.16. The molecule has 0 saturated carbocycles. The van der Waals surface area contributed by atoms with Crippen LogP contribution in [0.1, 0.15) is 34.1 Å². The number of Topliss-reactive ketones (excluding diaryl/α,β-unsaturated/α-hetero) is 1. The average molecular weight is 218 g/mol. The van der Waals surface area contributed by atoms with Crippen LogP contribution in [0.5, 0.6) is 0 Å². The predicted octanol–water partition coefficient (Wildman–Crippen LogP) is 1.10. The zero-order valence-electron chi connectivity index (χ0n) is 9.66. The van der Waals surface area contributed by atoms with E-state index in [1.807, 2.05) is 0 Å². The first kappa shape index (κ1) is 16.1. The van der Waals surface area contributed by atoms with Gasteiger partial charge in [-0.3, -0.25) is 9.59 Å². The summed E-state index contributed by atoms with van der Waals surface area (Å²) >= 11 is 0. The van der Waals surface area contributed by atoms with Crippen molar-refractivity contribution < 1.29 is 23.9 Å². The maximum Gasteiger partial charge on any atom is 0.374 e. The van der Waals surface area contributed by atoms with Gasteiger partial charge in [0.2, 0.25) is 5.78 Å². The molecule has 0 N–H and O–H groups in total. The van der Waals surface area contributed by atoms with Crippen molar-refractivity contribution in [3.8, 4) is 0 Å². The maximum atomic E-state index is 10.2. The Morgan fingerprint density at radius 3 is 1.53 bits per heavy atom. The van der Waals surface area contributed by atoms with Crippen LogP contribution in [0.2, 0.25) is 0 Å². The van der Waals surface area contributed by atoms with Gasteiger partial charge in [0.1, 0.15) is 0 Å². The van der Waals surface area contributed by atoms with Gasteiger partial charge >= 0.3 is 11.9 Å². The van der Waals surface area contributed by atoms with E-state index < -0.39 is 11.8 Å². The van der Waals surface area contributed by atoms with Crippen LogP contribution in [0, 0.1) is 0 Å². The molecule has 0 radical (unpaired) electrons. The van der Waals surface area contributed by atoms with Gasteiger partial charge in [0.15, 0.2) is 0 Å². The van der Waals surface area contributed by atoms with Gasteiger partial charge in [-0.25, -0.2) is 4.79 Å². The summed E-state index contributed by atoms with van der Waals surface area (Å²) in [4.78, 5) is 30.4. The van der Waals surface area contributed by atoms with E-state index >= 15 is 0 Å². The van der Waals surface area contributed by atoms with Crippen LogP contribution < -0.4 is 0 Å². The van der Waals surface area contributed by atoms with Crippen molar-refractivity contribution in [2.45, 2.75) is 34.1 Å². The van der Waals surface area contributed by atoms with Crippen molar-refractivity contribution >= 4 is 17.7 Å². The van der Waals surface area contributed by atoms with Crippen molar-refractivity contribution in [2.75, 3.05) is 13.2 Å². The highest BCUT2D eigenvalue weighted by molar-refractivity contribution is 6.32. The summed E-state index contributed by atoms with van der Waals surface area (Å²) < 4.78 is 8.87. The molecule has 0 aliphatic rings. The van der Waals surface area contributed by atoms with Gasteiger partial charge in [0, 0.05) is 13.3 Å². The molecule has 15 heavy (non-hydrogen) atoms. The number of rotatable bonds is 4. The maximum absolute atomic E-state index is 10.2. The Hall–Kier alpha value is -1.39. The van der Waals surface area contributed by atoms with Crippen molar-refractivity contribution in [1.82, 2.24) is 0 Å². The highest BCUT2D eigenvalue weighted by Crippen LogP contribution is 1.80. The van der Waals surface area contributed by atoms with Crippen molar-refractivity contribution in [3.05, 3.63) is 0 Å². The highest BCUT2D eigenvalue weighted by Gasteiger charge is 2.05. The lowest BCUT2D eigenvalue weighted by Crippen LogP contribution is -2.12. The normalized spacial score (nSPS) is 8.27. The van der Waals surface area contributed by atoms with Crippen LogP contribution in [-0.4, -0.2) is 30.9 Å². The monoisotopic (exact) mass is 218 g/mol. The van der Waals surface area contributed by atoms with Crippen molar-refractivity contribution in [3.63, 3.8) is 0 Å². The molecule has 0 aromatic heterocycles. The summed E-state index contributed by atoms with van der Waals surface area (Å²) in [6.07, 6.45) is 0.480. The molecular formula is C10H18O5. The van der Waals surface area contributed by atoms with Gasteiger partial charge in [-0.15, -0.1) is 0 Å². The molecule has 0 bridgehead atoms. The third kappa shape index (κ3) is 12.6. The zero-order valence-corrected chi connectivity index (χ0v) is 9.66. The van der Waals surface area contributed by atoms with E-state index in [0.29, 0.717) is 13.0 Å². The molecule has 0 atom stereocenters. The minimum absolute atomic E-state index is 0.123. The fraction of sp³-hybridized carbons (Fsp3) is 0.700. The Morgan fingerprint density at radius 2 is 1.40 bits per heavy atom. The van der Waals surface area contributed by atoms with Gasteiger partial charge in [-0.1, -0.05) is 6.92 Å². The van der Waals surface area contributed by atoms with Gasteiger partial charge in [-0.05, 0) is 13.8 Å². The lowest BCUT2D eigenvalue weighted by molar-refractivity contribution is -0.152. The first-order chi connectivity index (χ1) is 6.99. The minimum Gasteiger partial charge on any atom is -0.466 e. The molecular weight excluding hydrogens is 200 g/mol. The first-order valence-electron chi connectivity index (χ1n) is 4.82. The molecule has 0 aromatic carbocycles. The Morgan fingerprint density at radius 1 is 0.933 bits per heavy atom. The lowest BCUT2D eigenvalue weighted by atomic mass is 10.5. The highest BCUT2D eigenvalue weighted by atomic mass is 16.5. The Balaban J connectivity index is 0. The Labute approximate surface area is 89.7 Å². The second-order valence-corrected chi connectivity index (χ2v) is 2.44. The fourth-order valence-corrected chi connectivity index (χ4v) is 0.496. The molecule has 0 spiro atoms. The number of ketones is 1. The molecule has 5 heteroatoms. The molecule has 0 aliphatic carbocycles. The van der Waals surface area contributed by atoms with Crippen LogP contribution in [0.4, 0.5) is 0 Å². The standard InChI is InChI=1S/C5H8O3.C5H10O2/c1-3-8-5(7)4(2)6;1-3-5(6)7-4-2/h3H2,1-2H3;3-4H2,1-2H3. The van der Waals surface area contributed by atoms with E-state index in [1.165, 1.54) is 6.92 Å². The first-order valence-corrected chi connectivity index (χ1v) is 4.82. The summed E-state index contributed by atoms with van der Waals surface area (Å²) in [5, 5.41) is 0. The zero-order chi connectivity index (χ0) is 12.3. The van der Waals surface area contributed by atoms with Gasteiger partial charge in [0.05, 0.1) is 13.2 Å². The molecule has 0 unspecified atom stereocenters. The summed E-state index contributed by atoms with van der Waals surface area (Å²) in [5.74, 6) is -1.43. The molecule has 88 valence electrons. The lowest BCUT2D eigenvalue weighted by Gasteiger charge is -1.93. The minimum atomic E-state index is -0.757. The quantitative estimate of drug-likeness (QED) is 0.522. The van der Waals surface area contributed by atoms with Gasteiger partial charge in [0.25, 0.3) is 0 Å². The SMILES string of the molecule is CCOC(=O)C(C)=O.CCOC(=O)CC. The number of hydrogen-bond donors (Lipinski definition) is 0. The fourth-order valence-electron chi connectivity index (χ4n) is 0.496. The van der Waals surface area contributed by atoms with E-state index in [4.69, 9.17) is 0 Å². The molecule has 0 saturated heterocycles. The molecule has 0 aliphatic heterocycles. The van der Waals surface area contributed by atoms with Gasteiger partial charge in [-0.2, -0.15) is 0 Å². The van der Waals surface area contributed by atoms with Crippen LogP contribution in [0.15, 0.2) is 0 Å². The van der Waals surface area contributed by atoms with Crippen LogP contribution in [0.25, 0.3) is 0 Å². The third-order valence-electron chi connectivity index (χ3n) is 1.16. The number of carbonyl (C=O) groups is 3. The van der Waals surface area contributed by atoms with E-state index in [0.717, 1.165) is 0 Å². The Kier molecular flexibility index (Phi) is 11.4. The smallest absolute Gasteiger partial charge is 0.374 e. The van der Waals surface area contributed by atoms with Crippen LogP contribution in [-0.2, 0) is 23.9 Å². The van der Waals surface area contributed by atoms with E-state index in [9.17, 15) is 14.4 Å². The predicted molar refractivity (Wildman–Crippen MR) is 54.2 cm³/mol. The molecule has 0 rings (SSSR count). The second-order valence-electron chi connectivity index (χ2n) is 2.44. The van der Waals surface area contributed by atoms with E-state index in [-0.39, 0.29) is 12.6 Å². The third-order valence-corrected chi connectivity index (χ3v) is 1.16. The number of ether oxygens (including phenoxy) is 2. The Bertz CT molecular complexity index is 210. The number of esters is 2. The second kappa shape index (κ2) is 10.7. The average Bonchev–Trinajstić information content (AvgIpc) is 2.19. The molecule has 5 nitrogen and oxygen atoms in total. The summed E-state index contributed by atoms with van der Waals surface area (Å²) in [5.41, 5.74) is 0. The van der Waals surface area contributed by atoms with Gasteiger partial charge < -0.3 is 9.47 Å². The largest absolute Gasteiger partial charge is 0.466 e. The number of hydrogen-bond acceptors (Lipinski definition) is 5. The molecule has 0 amide bonds. The van der Waals surface area contributed by atoms with Crippen molar-refractivity contribution in [2.24, 2.45) is 0 Å². The topological polar surface area (TPSA) is 69.7 Å².